The lowest BCUT2D eigenvalue weighted by atomic mass is 9.90. The second-order valence-corrected chi connectivity index (χ2v) is 4.15. The van der Waals surface area contributed by atoms with Gasteiger partial charge in [-0.1, -0.05) is 17.7 Å². The van der Waals surface area contributed by atoms with Crippen molar-refractivity contribution in [2.45, 2.75) is 25.9 Å². The third-order valence-corrected chi connectivity index (χ3v) is 2.87. The molecule has 1 heterocycles. The van der Waals surface area contributed by atoms with E-state index in [2.05, 4.69) is 5.32 Å². The number of carbonyl (C=O) groups excluding carboxylic acids is 1. The van der Waals surface area contributed by atoms with E-state index in [1.54, 1.807) is 6.07 Å². The molecule has 1 aromatic carbocycles. The topological polar surface area (TPSA) is 73.1 Å². The van der Waals surface area contributed by atoms with E-state index in [0.717, 1.165) is 11.1 Å². The van der Waals surface area contributed by atoms with Gasteiger partial charge in [0.25, 0.3) is 5.91 Å². The van der Waals surface area contributed by atoms with E-state index >= 15 is 0 Å². The predicted octanol–water partition coefficient (Wildman–Crippen LogP) is 1.36. The summed E-state index contributed by atoms with van der Waals surface area (Å²) < 4.78 is 0. The van der Waals surface area contributed by atoms with Crippen molar-refractivity contribution in [3.05, 3.63) is 28.8 Å². The summed E-state index contributed by atoms with van der Waals surface area (Å²) >= 11 is 0. The molecule has 0 bridgehead atoms. The number of aryl methyl sites for hydroxylation is 2. The minimum absolute atomic E-state index is 0.227. The fraction of sp³-hybridized carbons (Fsp3) is 0.333. The summed E-state index contributed by atoms with van der Waals surface area (Å²) in [7, 11) is 0. The molecule has 1 aliphatic rings. The number of amides is 1. The van der Waals surface area contributed by atoms with Gasteiger partial charge in [0, 0.05) is 5.56 Å². The van der Waals surface area contributed by atoms with Crippen LogP contribution in [0.4, 0.5) is 5.69 Å². The SMILES string of the molecule is Cc1cc(C)c2c(c1)[C@@](O)(CC#N)C(=O)N2. The summed E-state index contributed by atoms with van der Waals surface area (Å²) in [5.41, 5.74) is 1.31. The van der Waals surface area contributed by atoms with Crippen LogP contribution >= 0.6 is 0 Å². The quantitative estimate of drug-likeness (QED) is 0.744. The fourth-order valence-corrected chi connectivity index (χ4v) is 2.09. The molecule has 4 heteroatoms. The molecule has 16 heavy (non-hydrogen) atoms. The molecule has 1 amide bonds. The fourth-order valence-electron chi connectivity index (χ4n) is 2.09. The van der Waals surface area contributed by atoms with Crippen LogP contribution in [0, 0.1) is 25.2 Å². The molecular weight excluding hydrogens is 204 g/mol. The molecule has 2 rings (SSSR count). The molecule has 0 saturated heterocycles. The molecule has 1 aliphatic heterocycles. The third kappa shape index (κ3) is 1.29. The van der Waals surface area contributed by atoms with Gasteiger partial charge in [0.05, 0.1) is 18.2 Å². The molecular formula is C12H12N2O2. The summed E-state index contributed by atoms with van der Waals surface area (Å²) in [6.07, 6.45) is -0.227. The van der Waals surface area contributed by atoms with Gasteiger partial charge in [0.15, 0.2) is 5.60 Å². The molecule has 0 spiro atoms. The van der Waals surface area contributed by atoms with Crippen molar-refractivity contribution < 1.29 is 9.90 Å². The maximum Gasteiger partial charge on any atom is 0.262 e. The van der Waals surface area contributed by atoms with Crippen molar-refractivity contribution in [3.63, 3.8) is 0 Å². The van der Waals surface area contributed by atoms with Crippen molar-refractivity contribution in [2.75, 3.05) is 5.32 Å². The van der Waals surface area contributed by atoms with Gasteiger partial charge in [0.1, 0.15) is 0 Å². The van der Waals surface area contributed by atoms with Crippen LogP contribution in [0.25, 0.3) is 0 Å². The number of nitriles is 1. The Bertz CT molecular complexity index is 516. The highest BCUT2D eigenvalue weighted by Crippen LogP contribution is 2.40. The van der Waals surface area contributed by atoms with Crippen molar-refractivity contribution in [2.24, 2.45) is 0 Å². The lowest BCUT2D eigenvalue weighted by Gasteiger charge is -2.17. The summed E-state index contributed by atoms with van der Waals surface area (Å²) in [5, 5.41) is 21.5. The van der Waals surface area contributed by atoms with Crippen molar-refractivity contribution >= 4 is 11.6 Å². The van der Waals surface area contributed by atoms with Gasteiger partial charge in [-0.2, -0.15) is 5.26 Å². The predicted molar refractivity (Wildman–Crippen MR) is 58.7 cm³/mol. The van der Waals surface area contributed by atoms with E-state index in [-0.39, 0.29) is 6.42 Å². The first-order chi connectivity index (χ1) is 7.49. The number of nitrogens with one attached hydrogen (secondary N) is 1. The number of fused-ring (bicyclic) bond motifs is 1. The average molecular weight is 216 g/mol. The summed E-state index contributed by atoms with van der Waals surface area (Å²) in [5.74, 6) is -0.516. The molecule has 82 valence electrons. The van der Waals surface area contributed by atoms with Crippen LogP contribution in [0.3, 0.4) is 0 Å². The molecule has 0 unspecified atom stereocenters. The number of hydrogen-bond donors (Lipinski definition) is 2. The second kappa shape index (κ2) is 3.32. The Morgan fingerprint density at radius 2 is 2.19 bits per heavy atom. The Kier molecular flexibility index (Phi) is 2.21. The first kappa shape index (κ1) is 10.7. The smallest absolute Gasteiger partial charge is 0.262 e. The number of benzene rings is 1. The number of rotatable bonds is 1. The average Bonchev–Trinajstić information content (AvgIpc) is 2.43. The van der Waals surface area contributed by atoms with Gasteiger partial charge >= 0.3 is 0 Å². The molecule has 0 aliphatic carbocycles. The number of hydrogen-bond acceptors (Lipinski definition) is 3. The van der Waals surface area contributed by atoms with Crippen LogP contribution in [-0.4, -0.2) is 11.0 Å². The van der Waals surface area contributed by atoms with Gasteiger partial charge in [0.2, 0.25) is 0 Å². The lowest BCUT2D eigenvalue weighted by Crippen LogP contribution is -2.33. The van der Waals surface area contributed by atoms with Crippen LogP contribution in [0.1, 0.15) is 23.1 Å². The van der Waals surface area contributed by atoms with Crippen molar-refractivity contribution in [3.8, 4) is 6.07 Å². The van der Waals surface area contributed by atoms with E-state index in [9.17, 15) is 9.90 Å². The van der Waals surface area contributed by atoms with E-state index in [1.165, 1.54) is 0 Å². The van der Waals surface area contributed by atoms with Gasteiger partial charge < -0.3 is 10.4 Å². The highest BCUT2D eigenvalue weighted by atomic mass is 16.3. The Morgan fingerprint density at radius 1 is 1.50 bits per heavy atom. The molecule has 0 aromatic heterocycles. The highest BCUT2D eigenvalue weighted by molar-refractivity contribution is 6.05. The molecule has 0 saturated carbocycles. The summed E-state index contributed by atoms with van der Waals surface area (Å²) in [6, 6.07) is 5.52. The number of aliphatic hydroxyl groups is 1. The standard InChI is InChI=1S/C12H12N2O2/c1-7-5-8(2)10-9(6-7)12(16,3-4-13)11(15)14-10/h5-6,16H,3H2,1-2H3,(H,14,15)/t12-/m0/s1. The summed E-state index contributed by atoms with van der Waals surface area (Å²) in [6.45, 7) is 3.76. The van der Waals surface area contributed by atoms with Gasteiger partial charge in [-0.25, -0.2) is 0 Å². The largest absolute Gasteiger partial charge is 0.374 e. The Balaban J connectivity index is 2.66. The maximum absolute atomic E-state index is 11.7. The van der Waals surface area contributed by atoms with Crippen LogP contribution < -0.4 is 5.32 Å². The zero-order chi connectivity index (χ0) is 11.9. The molecule has 0 fully saturated rings. The zero-order valence-electron chi connectivity index (χ0n) is 9.16. The van der Waals surface area contributed by atoms with E-state index < -0.39 is 11.5 Å². The first-order valence-corrected chi connectivity index (χ1v) is 5.01. The van der Waals surface area contributed by atoms with E-state index in [1.807, 2.05) is 26.0 Å². The van der Waals surface area contributed by atoms with Gasteiger partial charge in [-0.05, 0) is 19.4 Å². The lowest BCUT2D eigenvalue weighted by molar-refractivity contribution is -0.133. The van der Waals surface area contributed by atoms with E-state index in [0.29, 0.717) is 11.3 Å². The maximum atomic E-state index is 11.7. The van der Waals surface area contributed by atoms with Crippen LogP contribution in [0.2, 0.25) is 0 Å². The van der Waals surface area contributed by atoms with Crippen LogP contribution in [0.5, 0.6) is 0 Å². The van der Waals surface area contributed by atoms with Crippen molar-refractivity contribution in [1.29, 1.82) is 5.26 Å². The number of anilines is 1. The van der Waals surface area contributed by atoms with Gasteiger partial charge in [-0.3, -0.25) is 4.79 Å². The third-order valence-electron chi connectivity index (χ3n) is 2.87. The summed E-state index contributed by atoms with van der Waals surface area (Å²) in [4.78, 5) is 11.7. The zero-order valence-corrected chi connectivity index (χ0v) is 9.16. The molecule has 1 atom stereocenters. The van der Waals surface area contributed by atoms with Gasteiger partial charge in [-0.15, -0.1) is 0 Å². The monoisotopic (exact) mass is 216 g/mol. The van der Waals surface area contributed by atoms with Crippen LogP contribution in [0.15, 0.2) is 12.1 Å². The molecule has 0 radical (unpaired) electrons. The Morgan fingerprint density at radius 3 is 2.81 bits per heavy atom. The van der Waals surface area contributed by atoms with Crippen molar-refractivity contribution in [1.82, 2.24) is 0 Å². The van der Waals surface area contributed by atoms with E-state index in [4.69, 9.17) is 5.26 Å². The number of nitrogens with zero attached hydrogens (tertiary/aromatic N) is 1. The first-order valence-electron chi connectivity index (χ1n) is 5.01. The normalized spacial score (nSPS) is 22.5. The number of carbonyl (C=O) groups is 1. The Hall–Kier alpha value is -1.86. The Labute approximate surface area is 93.5 Å². The minimum Gasteiger partial charge on any atom is -0.374 e. The second-order valence-electron chi connectivity index (χ2n) is 4.15. The molecule has 2 N–H and O–H groups in total. The highest BCUT2D eigenvalue weighted by Gasteiger charge is 2.45. The molecule has 1 aromatic rings. The minimum atomic E-state index is -1.69. The molecule has 4 nitrogen and oxygen atoms in total. The van der Waals surface area contributed by atoms with Crippen LogP contribution in [-0.2, 0) is 10.4 Å².